The van der Waals surface area contributed by atoms with Gasteiger partial charge in [0.05, 0.1) is 5.54 Å². The summed E-state index contributed by atoms with van der Waals surface area (Å²) in [6.45, 7) is 6.65. The Labute approximate surface area is 77.5 Å². The molecule has 0 saturated carbocycles. The first-order valence-corrected chi connectivity index (χ1v) is 4.42. The Hall–Kier alpha value is -0.680. The first kappa shape index (κ1) is 10.4. The lowest BCUT2D eigenvalue weighted by Crippen LogP contribution is -3.29. The molecule has 1 aliphatic rings. The van der Waals surface area contributed by atoms with E-state index in [1.54, 1.807) is 0 Å². The zero-order chi connectivity index (χ0) is 10.3. The van der Waals surface area contributed by atoms with Gasteiger partial charge in [-0.1, -0.05) is 0 Å². The van der Waals surface area contributed by atoms with E-state index >= 15 is 0 Å². The van der Waals surface area contributed by atoms with Crippen LogP contribution in [-0.4, -0.2) is 40.8 Å². The summed E-state index contributed by atoms with van der Waals surface area (Å²) in [7, 11) is 0. The molecule has 5 heteroatoms. The fraction of sp³-hybridized carbons (Fsp3) is 1.00. The van der Waals surface area contributed by atoms with Gasteiger partial charge in [0.1, 0.15) is 6.61 Å². The molecule has 0 aromatic carbocycles. The van der Waals surface area contributed by atoms with Crippen LogP contribution in [0.15, 0.2) is 0 Å². The van der Waals surface area contributed by atoms with E-state index in [2.05, 4.69) is 0 Å². The highest BCUT2D eigenvalue weighted by molar-refractivity contribution is 4.85. The summed E-state index contributed by atoms with van der Waals surface area (Å²) in [5.74, 6) is 0. The van der Waals surface area contributed by atoms with E-state index in [0.717, 1.165) is 0 Å². The van der Waals surface area contributed by atoms with E-state index < -0.39 is 5.54 Å². The van der Waals surface area contributed by atoms with Gasteiger partial charge in [-0.15, -0.1) is 0 Å². The molecule has 0 bridgehead atoms. The van der Waals surface area contributed by atoms with Gasteiger partial charge in [0.25, 0.3) is 0 Å². The SMILES string of the molecule is CC(C)(C)[NH+]1CC(CO)([N+](=O)[O-])C1. The molecule has 1 aliphatic heterocycles. The summed E-state index contributed by atoms with van der Waals surface area (Å²) in [6.07, 6.45) is 0. The van der Waals surface area contributed by atoms with Crippen molar-refractivity contribution in [1.82, 2.24) is 0 Å². The van der Waals surface area contributed by atoms with Crippen molar-refractivity contribution in [2.45, 2.75) is 31.8 Å². The number of rotatable bonds is 2. The highest BCUT2D eigenvalue weighted by atomic mass is 16.6. The van der Waals surface area contributed by atoms with Crippen molar-refractivity contribution in [1.29, 1.82) is 0 Å². The van der Waals surface area contributed by atoms with Crippen LogP contribution in [-0.2, 0) is 0 Å². The molecule has 1 saturated heterocycles. The van der Waals surface area contributed by atoms with E-state index in [1.165, 1.54) is 4.90 Å². The molecule has 5 nitrogen and oxygen atoms in total. The quantitative estimate of drug-likeness (QED) is 0.419. The molecule has 1 fully saturated rings. The molecule has 76 valence electrons. The number of likely N-dealkylation sites (tertiary alicyclic amines) is 1. The minimum atomic E-state index is -1.07. The second-order valence-electron chi connectivity index (χ2n) is 4.85. The largest absolute Gasteiger partial charge is 0.388 e. The molecule has 0 radical (unpaired) electrons. The molecule has 0 spiro atoms. The summed E-state index contributed by atoms with van der Waals surface area (Å²) in [4.78, 5) is 11.5. The fourth-order valence-corrected chi connectivity index (χ4v) is 1.57. The van der Waals surface area contributed by atoms with Gasteiger partial charge in [-0.3, -0.25) is 10.1 Å². The Bertz CT molecular complexity index is 216. The first-order chi connectivity index (χ1) is 5.82. The van der Waals surface area contributed by atoms with E-state index in [4.69, 9.17) is 5.11 Å². The molecular formula is C8H17N2O3+. The Morgan fingerprint density at radius 1 is 1.54 bits per heavy atom. The Morgan fingerprint density at radius 3 is 2.23 bits per heavy atom. The van der Waals surface area contributed by atoms with Crippen LogP contribution in [0.5, 0.6) is 0 Å². The van der Waals surface area contributed by atoms with Crippen molar-refractivity contribution in [3.63, 3.8) is 0 Å². The highest BCUT2D eigenvalue weighted by Crippen LogP contribution is 2.13. The van der Waals surface area contributed by atoms with E-state index in [-0.39, 0.29) is 17.1 Å². The summed E-state index contributed by atoms with van der Waals surface area (Å²) in [5.41, 5.74) is -1.03. The number of hydrogen-bond donors (Lipinski definition) is 2. The van der Waals surface area contributed by atoms with Crippen LogP contribution in [0.3, 0.4) is 0 Å². The molecule has 0 unspecified atom stereocenters. The van der Waals surface area contributed by atoms with Gasteiger partial charge in [0, 0.05) is 4.92 Å². The molecule has 2 N–H and O–H groups in total. The number of hydrogen-bond acceptors (Lipinski definition) is 3. The third kappa shape index (κ3) is 1.66. The van der Waals surface area contributed by atoms with Crippen LogP contribution in [0.4, 0.5) is 0 Å². The summed E-state index contributed by atoms with van der Waals surface area (Å²) < 4.78 is 0. The second-order valence-corrected chi connectivity index (χ2v) is 4.85. The van der Waals surface area contributed by atoms with Crippen LogP contribution >= 0.6 is 0 Å². The zero-order valence-electron chi connectivity index (χ0n) is 8.33. The highest BCUT2D eigenvalue weighted by Gasteiger charge is 2.61. The van der Waals surface area contributed by atoms with Crippen molar-refractivity contribution >= 4 is 0 Å². The maximum absolute atomic E-state index is 10.6. The fourth-order valence-electron chi connectivity index (χ4n) is 1.57. The predicted octanol–water partition coefficient (Wildman–Crippen LogP) is -1.31. The molecule has 0 atom stereocenters. The Morgan fingerprint density at radius 2 is 2.00 bits per heavy atom. The predicted molar refractivity (Wildman–Crippen MR) is 47.3 cm³/mol. The molecule has 0 aromatic heterocycles. The molecule has 1 rings (SSSR count). The van der Waals surface area contributed by atoms with Crippen LogP contribution in [0, 0.1) is 10.1 Å². The van der Waals surface area contributed by atoms with E-state index in [1.807, 2.05) is 20.8 Å². The van der Waals surface area contributed by atoms with Crippen LogP contribution in [0.1, 0.15) is 20.8 Å². The molecule has 13 heavy (non-hydrogen) atoms. The Balaban J connectivity index is 2.60. The number of quaternary nitrogens is 1. The minimum absolute atomic E-state index is 0.0364. The van der Waals surface area contributed by atoms with Crippen molar-refractivity contribution in [3.8, 4) is 0 Å². The normalized spacial score (nSPS) is 34.0. The molecular weight excluding hydrogens is 172 g/mol. The zero-order valence-corrected chi connectivity index (χ0v) is 8.33. The lowest BCUT2D eigenvalue weighted by atomic mass is 9.86. The number of nitrogens with one attached hydrogen (secondary N) is 1. The molecule has 0 aromatic rings. The summed E-state index contributed by atoms with van der Waals surface area (Å²) in [5, 5.41) is 19.6. The lowest BCUT2D eigenvalue weighted by molar-refractivity contribution is -1.02. The summed E-state index contributed by atoms with van der Waals surface area (Å²) in [6, 6.07) is 0. The average molecular weight is 189 g/mol. The average Bonchev–Trinajstić information content (AvgIpc) is 1.81. The van der Waals surface area contributed by atoms with Gasteiger partial charge in [-0.05, 0) is 20.8 Å². The standard InChI is InChI=1S/C8H16N2O3/c1-7(2,3)9-4-8(5-9,6-11)10(12)13/h11H,4-6H2,1-3H3/p+1. The lowest BCUT2D eigenvalue weighted by Gasteiger charge is -2.45. The maximum atomic E-state index is 10.6. The van der Waals surface area contributed by atoms with Gasteiger partial charge < -0.3 is 10.0 Å². The van der Waals surface area contributed by atoms with Crippen molar-refractivity contribution < 1.29 is 14.9 Å². The topological polar surface area (TPSA) is 67.8 Å². The maximum Gasteiger partial charge on any atom is 0.339 e. The monoisotopic (exact) mass is 189 g/mol. The van der Waals surface area contributed by atoms with Crippen LogP contribution in [0.2, 0.25) is 0 Å². The van der Waals surface area contributed by atoms with Crippen molar-refractivity contribution in [3.05, 3.63) is 10.1 Å². The van der Waals surface area contributed by atoms with Gasteiger partial charge in [-0.2, -0.15) is 0 Å². The number of nitro groups is 1. The third-order valence-electron chi connectivity index (χ3n) is 2.83. The van der Waals surface area contributed by atoms with Gasteiger partial charge in [-0.25, -0.2) is 0 Å². The van der Waals surface area contributed by atoms with Gasteiger partial charge in [0.15, 0.2) is 13.1 Å². The number of nitrogens with zero attached hydrogens (tertiary/aromatic N) is 1. The van der Waals surface area contributed by atoms with Crippen molar-refractivity contribution in [2.75, 3.05) is 19.7 Å². The van der Waals surface area contributed by atoms with Crippen molar-refractivity contribution in [2.24, 2.45) is 0 Å². The smallest absolute Gasteiger partial charge is 0.339 e. The van der Waals surface area contributed by atoms with E-state index in [9.17, 15) is 10.1 Å². The minimum Gasteiger partial charge on any atom is -0.388 e. The second kappa shape index (κ2) is 2.92. The first-order valence-electron chi connectivity index (χ1n) is 4.42. The van der Waals surface area contributed by atoms with Crippen LogP contribution < -0.4 is 4.90 Å². The third-order valence-corrected chi connectivity index (χ3v) is 2.83. The van der Waals surface area contributed by atoms with Gasteiger partial charge >= 0.3 is 5.54 Å². The van der Waals surface area contributed by atoms with E-state index in [0.29, 0.717) is 13.1 Å². The molecule has 0 aliphatic carbocycles. The Kier molecular flexibility index (Phi) is 2.34. The summed E-state index contributed by atoms with van der Waals surface area (Å²) >= 11 is 0. The number of aliphatic hydroxyl groups is 1. The molecule has 0 amide bonds. The van der Waals surface area contributed by atoms with Gasteiger partial charge in [0.2, 0.25) is 0 Å². The van der Waals surface area contributed by atoms with Crippen LogP contribution in [0.25, 0.3) is 0 Å². The number of aliphatic hydroxyl groups excluding tert-OH is 1. The molecule has 1 heterocycles.